The molecule has 2 aromatic carbocycles. The van der Waals surface area contributed by atoms with Gasteiger partial charge in [-0.05, 0) is 43.0 Å². The third kappa shape index (κ3) is 2.86. The number of hydrogen-bond donors (Lipinski definition) is 2. The lowest BCUT2D eigenvalue weighted by atomic mass is 10.1. The molecule has 0 fully saturated rings. The molecule has 1 aromatic heterocycles. The van der Waals surface area contributed by atoms with Gasteiger partial charge in [-0.1, -0.05) is 35.9 Å². The second-order valence-corrected chi connectivity index (χ2v) is 6.64. The molecule has 0 aliphatic carbocycles. The van der Waals surface area contributed by atoms with E-state index in [1.807, 2.05) is 67.7 Å². The predicted molar refractivity (Wildman–Crippen MR) is 101 cm³/mol. The van der Waals surface area contributed by atoms with Crippen molar-refractivity contribution < 1.29 is 4.79 Å². The van der Waals surface area contributed by atoms with E-state index in [0.717, 1.165) is 22.2 Å². The van der Waals surface area contributed by atoms with Gasteiger partial charge in [-0.15, -0.1) is 0 Å². The Bertz CT molecular complexity index is 983. The molecule has 0 bridgehead atoms. The molecular formula is C19H15N3OS. The van der Waals surface area contributed by atoms with Crippen LogP contribution in [0.25, 0.3) is 17.0 Å². The van der Waals surface area contributed by atoms with Crippen LogP contribution in [-0.4, -0.2) is 16.1 Å². The molecule has 0 unspecified atom stereocenters. The van der Waals surface area contributed by atoms with Crippen LogP contribution in [0.2, 0.25) is 0 Å². The molecular weight excluding hydrogens is 318 g/mol. The molecule has 4 nitrogen and oxygen atoms in total. The number of nitrogens with zero attached hydrogens (tertiary/aromatic N) is 1. The molecule has 2 heterocycles. The van der Waals surface area contributed by atoms with Gasteiger partial charge in [0.2, 0.25) is 0 Å². The first-order valence-electron chi connectivity index (χ1n) is 7.61. The number of amidine groups is 1. The number of aliphatic imine (C=N–C) groups is 1. The van der Waals surface area contributed by atoms with E-state index in [-0.39, 0.29) is 5.91 Å². The van der Waals surface area contributed by atoms with Gasteiger partial charge in [-0.2, -0.15) is 4.99 Å². The van der Waals surface area contributed by atoms with E-state index >= 15 is 0 Å². The minimum atomic E-state index is -0.208. The van der Waals surface area contributed by atoms with Gasteiger partial charge in [0.25, 0.3) is 5.91 Å². The SMILES string of the molecule is Cc1ccc(NC2=NC(=O)/C(=C/c3c[nH]c4ccccc34)S2)cc1. The fourth-order valence-corrected chi connectivity index (χ4v) is 3.40. The summed E-state index contributed by atoms with van der Waals surface area (Å²) < 4.78 is 0. The number of nitrogens with one attached hydrogen (secondary N) is 2. The van der Waals surface area contributed by atoms with E-state index in [0.29, 0.717) is 10.1 Å². The normalized spacial score (nSPS) is 16.0. The molecule has 3 aromatic rings. The number of anilines is 1. The number of aromatic amines is 1. The van der Waals surface area contributed by atoms with Crippen molar-refractivity contribution in [3.63, 3.8) is 0 Å². The minimum Gasteiger partial charge on any atom is -0.361 e. The summed E-state index contributed by atoms with van der Waals surface area (Å²) in [6.07, 6.45) is 3.80. The molecule has 0 saturated carbocycles. The second-order valence-electron chi connectivity index (χ2n) is 5.61. The maximum absolute atomic E-state index is 12.2. The highest BCUT2D eigenvalue weighted by Gasteiger charge is 2.22. The Morgan fingerprint density at radius 3 is 2.75 bits per heavy atom. The average Bonchev–Trinajstić information content (AvgIpc) is 3.14. The van der Waals surface area contributed by atoms with Crippen molar-refractivity contribution in [1.82, 2.24) is 4.98 Å². The molecule has 4 rings (SSSR count). The lowest BCUT2D eigenvalue weighted by Gasteiger charge is -2.04. The molecule has 1 aliphatic rings. The van der Waals surface area contributed by atoms with Crippen LogP contribution in [0.4, 0.5) is 5.69 Å². The maximum Gasteiger partial charge on any atom is 0.286 e. The number of amides is 1. The smallest absolute Gasteiger partial charge is 0.286 e. The van der Waals surface area contributed by atoms with Crippen LogP contribution >= 0.6 is 11.8 Å². The van der Waals surface area contributed by atoms with Crippen LogP contribution in [0, 0.1) is 6.92 Å². The van der Waals surface area contributed by atoms with Crippen LogP contribution in [-0.2, 0) is 4.79 Å². The summed E-state index contributed by atoms with van der Waals surface area (Å²) in [5, 5.41) is 4.89. The minimum absolute atomic E-state index is 0.208. The van der Waals surface area contributed by atoms with Crippen molar-refractivity contribution in [3.05, 3.63) is 70.8 Å². The van der Waals surface area contributed by atoms with Crippen molar-refractivity contribution in [2.24, 2.45) is 4.99 Å². The van der Waals surface area contributed by atoms with Crippen LogP contribution in [0.5, 0.6) is 0 Å². The highest BCUT2D eigenvalue weighted by atomic mass is 32.2. The zero-order valence-electron chi connectivity index (χ0n) is 13.0. The molecule has 5 heteroatoms. The van der Waals surface area contributed by atoms with E-state index < -0.39 is 0 Å². The molecule has 0 atom stereocenters. The van der Waals surface area contributed by atoms with Gasteiger partial charge < -0.3 is 10.3 Å². The van der Waals surface area contributed by atoms with Crippen LogP contribution in [0.15, 0.2) is 64.6 Å². The summed E-state index contributed by atoms with van der Waals surface area (Å²) in [5.41, 5.74) is 4.16. The number of para-hydroxylation sites is 1. The Morgan fingerprint density at radius 2 is 1.92 bits per heavy atom. The number of H-pyrrole nitrogens is 1. The molecule has 2 N–H and O–H groups in total. The summed E-state index contributed by atoms with van der Waals surface area (Å²) in [4.78, 5) is 20.1. The Kier molecular flexibility index (Phi) is 3.70. The number of aryl methyl sites for hydroxylation is 1. The van der Waals surface area contributed by atoms with Crippen LogP contribution in [0.3, 0.4) is 0 Å². The van der Waals surface area contributed by atoms with E-state index in [2.05, 4.69) is 15.3 Å². The lowest BCUT2D eigenvalue weighted by molar-refractivity contribution is -0.113. The number of fused-ring (bicyclic) bond motifs is 1. The van der Waals surface area contributed by atoms with Gasteiger partial charge in [-0.3, -0.25) is 4.79 Å². The standard InChI is InChI=1S/C19H15N3OS/c1-12-6-8-14(9-7-12)21-19-22-18(23)17(24-19)10-13-11-20-16-5-3-2-4-15(13)16/h2-11,20H,1H3,(H,21,22,23)/b17-10-. The number of aromatic nitrogens is 1. The Labute approximate surface area is 143 Å². The van der Waals surface area contributed by atoms with Crippen molar-refractivity contribution in [2.45, 2.75) is 6.92 Å². The maximum atomic E-state index is 12.2. The van der Waals surface area contributed by atoms with Gasteiger partial charge in [0.15, 0.2) is 5.17 Å². The molecule has 24 heavy (non-hydrogen) atoms. The fourth-order valence-electron chi connectivity index (χ4n) is 2.58. The quantitative estimate of drug-likeness (QED) is 0.676. The van der Waals surface area contributed by atoms with Gasteiger partial charge in [0.1, 0.15) is 0 Å². The average molecular weight is 333 g/mol. The first-order chi connectivity index (χ1) is 11.7. The predicted octanol–water partition coefficient (Wildman–Crippen LogP) is 4.56. The number of benzene rings is 2. The van der Waals surface area contributed by atoms with Crippen LogP contribution in [0.1, 0.15) is 11.1 Å². The van der Waals surface area contributed by atoms with Crippen LogP contribution < -0.4 is 5.32 Å². The van der Waals surface area contributed by atoms with Crippen molar-refractivity contribution in [1.29, 1.82) is 0 Å². The molecule has 0 spiro atoms. The highest BCUT2D eigenvalue weighted by Crippen LogP contribution is 2.31. The Morgan fingerprint density at radius 1 is 1.12 bits per heavy atom. The van der Waals surface area contributed by atoms with Crippen molar-refractivity contribution in [2.75, 3.05) is 5.32 Å². The summed E-state index contributed by atoms with van der Waals surface area (Å²) in [6.45, 7) is 2.04. The fraction of sp³-hybridized carbons (Fsp3) is 0.0526. The van der Waals surface area contributed by atoms with Gasteiger partial charge in [-0.25, -0.2) is 0 Å². The van der Waals surface area contributed by atoms with Gasteiger partial charge in [0.05, 0.1) is 4.91 Å². The largest absolute Gasteiger partial charge is 0.361 e. The number of rotatable bonds is 2. The van der Waals surface area contributed by atoms with E-state index in [4.69, 9.17) is 0 Å². The number of carbonyl (C=O) groups excluding carboxylic acids is 1. The van der Waals surface area contributed by atoms with Gasteiger partial charge in [0, 0.05) is 28.4 Å². The first kappa shape index (κ1) is 14.8. The second kappa shape index (κ2) is 6.02. The third-order valence-electron chi connectivity index (χ3n) is 3.83. The molecule has 118 valence electrons. The van der Waals surface area contributed by atoms with Gasteiger partial charge >= 0.3 is 0 Å². The number of thioether (sulfide) groups is 1. The summed E-state index contributed by atoms with van der Waals surface area (Å²) in [7, 11) is 0. The van der Waals surface area contributed by atoms with E-state index in [1.165, 1.54) is 17.3 Å². The number of hydrogen-bond acceptors (Lipinski definition) is 3. The molecule has 1 amide bonds. The summed E-state index contributed by atoms with van der Waals surface area (Å²) in [5.74, 6) is -0.208. The van der Waals surface area contributed by atoms with Crippen molar-refractivity contribution >= 4 is 45.5 Å². The molecule has 0 saturated heterocycles. The Hall–Kier alpha value is -2.79. The summed E-state index contributed by atoms with van der Waals surface area (Å²) >= 11 is 1.36. The van der Waals surface area contributed by atoms with E-state index in [9.17, 15) is 4.79 Å². The zero-order valence-corrected chi connectivity index (χ0v) is 13.9. The Balaban J connectivity index is 1.56. The monoisotopic (exact) mass is 333 g/mol. The lowest BCUT2D eigenvalue weighted by Crippen LogP contribution is -2.04. The summed E-state index contributed by atoms with van der Waals surface area (Å²) in [6, 6.07) is 16.0. The molecule has 0 radical (unpaired) electrons. The molecule has 1 aliphatic heterocycles. The first-order valence-corrected chi connectivity index (χ1v) is 8.43. The zero-order chi connectivity index (χ0) is 16.5. The third-order valence-corrected chi connectivity index (χ3v) is 4.73. The topological polar surface area (TPSA) is 57.2 Å². The highest BCUT2D eigenvalue weighted by molar-refractivity contribution is 8.18. The van der Waals surface area contributed by atoms with Crippen molar-refractivity contribution in [3.8, 4) is 0 Å². The number of carbonyl (C=O) groups is 1. The van der Waals surface area contributed by atoms with E-state index in [1.54, 1.807) is 0 Å².